The van der Waals surface area contributed by atoms with Gasteiger partial charge in [0.05, 0.1) is 6.10 Å². The molecule has 0 aromatic heterocycles. The molecule has 2 aromatic carbocycles. The maximum absolute atomic E-state index is 6.22. The van der Waals surface area contributed by atoms with Crippen LogP contribution in [-0.2, 0) is 17.9 Å². The van der Waals surface area contributed by atoms with Gasteiger partial charge >= 0.3 is 0 Å². The van der Waals surface area contributed by atoms with Crippen LogP contribution in [0.4, 0.5) is 0 Å². The first kappa shape index (κ1) is 24.5. The minimum absolute atomic E-state index is 0. The number of ether oxygens (including phenoxy) is 2. The van der Waals surface area contributed by atoms with E-state index in [4.69, 9.17) is 32.7 Å². The van der Waals surface area contributed by atoms with Crippen LogP contribution >= 0.6 is 51.5 Å². The Kier molecular flexibility index (Phi) is 11.7. The molecule has 2 aromatic rings. The summed E-state index contributed by atoms with van der Waals surface area (Å²) in [5.74, 6) is 0.838. The fraction of sp³-hybridized carbons (Fsp3) is 0.400. The van der Waals surface area contributed by atoms with Crippen LogP contribution in [0.2, 0.25) is 10.0 Å². The van der Waals surface area contributed by atoms with Gasteiger partial charge in [-0.2, -0.15) is 0 Å². The van der Waals surface area contributed by atoms with E-state index in [1.165, 1.54) is 0 Å². The predicted octanol–water partition coefficient (Wildman–Crippen LogP) is 6.66. The second-order valence-corrected chi connectivity index (χ2v) is 7.99. The Morgan fingerprint density at radius 1 is 1.07 bits per heavy atom. The molecule has 1 N–H and O–H groups in total. The normalized spacial score (nSPS) is 10.7. The first-order valence-corrected chi connectivity index (χ1v) is 10.2. The van der Waals surface area contributed by atoms with E-state index in [-0.39, 0.29) is 18.5 Å². The second kappa shape index (κ2) is 12.9. The zero-order chi connectivity index (χ0) is 18.9. The number of hydrogen-bond donors (Lipinski definition) is 1. The van der Waals surface area contributed by atoms with Crippen molar-refractivity contribution in [2.45, 2.75) is 39.5 Å². The highest BCUT2D eigenvalue weighted by Gasteiger charge is 2.07. The fourth-order valence-corrected chi connectivity index (χ4v) is 3.23. The van der Waals surface area contributed by atoms with Crippen molar-refractivity contribution in [2.75, 3.05) is 13.2 Å². The summed E-state index contributed by atoms with van der Waals surface area (Å²) >= 11 is 15.7. The molecule has 0 bridgehead atoms. The van der Waals surface area contributed by atoms with E-state index in [2.05, 4.69) is 27.3 Å². The van der Waals surface area contributed by atoms with E-state index in [0.29, 0.717) is 16.7 Å². The summed E-state index contributed by atoms with van der Waals surface area (Å²) in [7, 11) is 0. The monoisotopic (exact) mass is 495 g/mol. The third-order valence-corrected chi connectivity index (χ3v) is 4.77. The molecule has 27 heavy (non-hydrogen) atoms. The van der Waals surface area contributed by atoms with Crippen molar-refractivity contribution < 1.29 is 9.47 Å². The lowest BCUT2D eigenvalue weighted by atomic mass is 10.2. The van der Waals surface area contributed by atoms with Crippen molar-refractivity contribution in [1.82, 2.24) is 5.32 Å². The lowest BCUT2D eigenvalue weighted by Crippen LogP contribution is -2.18. The highest BCUT2D eigenvalue weighted by molar-refractivity contribution is 9.10. The quantitative estimate of drug-likeness (QED) is 0.372. The average molecular weight is 498 g/mol. The van der Waals surface area contributed by atoms with Gasteiger partial charge in [-0.3, -0.25) is 0 Å². The fourth-order valence-electron chi connectivity index (χ4n) is 2.36. The summed E-state index contributed by atoms with van der Waals surface area (Å²) in [4.78, 5) is 0. The molecule has 0 unspecified atom stereocenters. The molecule has 7 heteroatoms. The second-order valence-electron chi connectivity index (χ2n) is 6.23. The Hall–Kier alpha value is -0.490. The molecule has 150 valence electrons. The average Bonchev–Trinajstić information content (AvgIpc) is 2.58. The van der Waals surface area contributed by atoms with Gasteiger partial charge < -0.3 is 14.8 Å². The Morgan fingerprint density at radius 2 is 1.85 bits per heavy atom. The van der Waals surface area contributed by atoms with Crippen LogP contribution in [0.1, 0.15) is 31.4 Å². The summed E-state index contributed by atoms with van der Waals surface area (Å²) < 4.78 is 12.6. The minimum Gasteiger partial charge on any atom is -0.489 e. The van der Waals surface area contributed by atoms with Crippen LogP contribution in [-0.4, -0.2) is 19.3 Å². The van der Waals surface area contributed by atoms with E-state index in [0.717, 1.165) is 47.5 Å². The van der Waals surface area contributed by atoms with Crippen LogP contribution < -0.4 is 10.1 Å². The van der Waals surface area contributed by atoms with Crippen molar-refractivity contribution >= 4 is 51.5 Å². The molecule has 0 heterocycles. The van der Waals surface area contributed by atoms with Gasteiger partial charge in [-0.15, -0.1) is 12.4 Å². The van der Waals surface area contributed by atoms with Gasteiger partial charge in [-0.1, -0.05) is 45.2 Å². The van der Waals surface area contributed by atoms with Crippen molar-refractivity contribution in [1.29, 1.82) is 0 Å². The first-order valence-electron chi connectivity index (χ1n) is 8.63. The standard InChI is InChI=1S/C20H24BrCl2NO2.ClH/c1-14(2)25-9-3-8-24-12-16-10-17(21)5-7-20(16)26-13-15-4-6-18(22)11-19(15)23;/h4-7,10-11,14,24H,3,8-9,12-13H2,1-2H3;1H. The molecule has 0 saturated heterocycles. The molecule has 0 spiro atoms. The number of nitrogens with one attached hydrogen (secondary N) is 1. The number of benzene rings is 2. The largest absolute Gasteiger partial charge is 0.489 e. The van der Waals surface area contributed by atoms with Gasteiger partial charge in [0, 0.05) is 38.8 Å². The van der Waals surface area contributed by atoms with Gasteiger partial charge in [0.15, 0.2) is 0 Å². The molecular weight excluding hydrogens is 472 g/mol. The Morgan fingerprint density at radius 3 is 2.56 bits per heavy atom. The smallest absolute Gasteiger partial charge is 0.124 e. The lowest BCUT2D eigenvalue weighted by Gasteiger charge is -2.14. The summed E-state index contributed by atoms with van der Waals surface area (Å²) in [6, 6.07) is 11.4. The molecular formula is C20H25BrCl3NO2. The van der Waals surface area contributed by atoms with Crippen LogP contribution in [0.5, 0.6) is 5.75 Å². The van der Waals surface area contributed by atoms with Crippen LogP contribution in [0, 0.1) is 0 Å². The number of halogens is 4. The Balaban J connectivity index is 0.00000364. The summed E-state index contributed by atoms with van der Waals surface area (Å²) in [6.45, 7) is 6.87. The SMILES string of the molecule is CC(C)OCCCNCc1cc(Br)ccc1OCc1ccc(Cl)cc1Cl.Cl. The van der Waals surface area contributed by atoms with Gasteiger partial charge in [0.2, 0.25) is 0 Å². The van der Waals surface area contributed by atoms with Crippen LogP contribution in [0.25, 0.3) is 0 Å². The van der Waals surface area contributed by atoms with E-state index in [1.807, 2.05) is 38.1 Å². The first-order chi connectivity index (χ1) is 12.5. The number of rotatable bonds is 10. The van der Waals surface area contributed by atoms with Gasteiger partial charge in [-0.05, 0) is 57.1 Å². The minimum atomic E-state index is 0. The van der Waals surface area contributed by atoms with Gasteiger partial charge in [-0.25, -0.2) is 0 Å². The molecule has 0 atom stereocenters. The van der Waals surface area contributed by atoms with Crippen molar-refractivity contribution in [3.8, 4) is 5.75 Å². The van der Waals surface area contributed by atoms with Crippen molar-refractivity contribution in [2.24, 2.45) is 0 Å². The topological polar surface area (TPSA) is 30.5 Å². The van der Waals surface area contributed by atoms with E-state index in [9.17, 15) is 0 Å². The molecule has 3 nitrogen and oxygen atoms in total. The van der Waals surface area contributed by atoms with Crippen molar-refractivity contribution in [3.63, 3.8) is 0 Å². The van der Waals surface area contributed by atoms with Crippen LogP contribution in [0.3, 0.4) is 0 Å². The van der Waals surface area contributed by atoms with E-state index in [1.54, 1.807) is 6.07 Å². The third-order valence-electron chi connectivity index (χ3n) is 3.69. The zero-order valence-corrected chi connectivity index (χ0v) is 19.3. The molecule has 0 radical (unpaired) electrons. The summed E-state index contributed by atoms with van der Waals surface area (Å²) in [6.07, 6.45) is 1.25. The van der Waals surface area contributed by atoms with E-state index < -0.39 is 0 Å². The maximum Gasteiger partial charge on any atom is 0.124 e. The summed E-state index contributed by atoms with van der Waals surface area (Å²) in [5.41, 5.74) is 2.00. The zero-order valence-electron chi connectivity index (χ0n) is 15.4. The van der Waals surface area contributed by atoms with E-state index >= 15 is 0 Å². The lowest BCUT2D eigenvalue weighted by molar-refractivity contribution is 0.0770. The highest BCUT2D eigenvalue weighted by atomic mass is 79.9. The van der Waals surface area contributed by atoms with Crippen LogP contribution in [0.15, 0.2) is 40.9 Å². The molecule has 0 saturated carbocycles. The van der Waals surface area contributed by atoms with Crippen molar-refractivity contribution in [3.05, 3.63) is 62.0 Å². The van der Waals surface area contributed by atoms with Gasteiger partial charge in [0.1, 0.15) is 12.4 Å². The third kappa shape index (κ3) is 9.03. The molecule has 2 rings (SSSR count). The number of hydrogen-bond acceptors (Lipinski definition) is 3. The Labute approximate surface area is 186 Å². The summed E-state index contributed by atoms with van der Waals surface area (Å²) in [5, 5.41) is 4.67. The molecule has 0 aliphatic heterocycles. The molecule has 0 fully saturated rings. The molecule has 0 aliphatic rings. The predicted molar refractivity (Wildman–Crippen MR) is 120 cm³/mol. The highest BCUT2D eigenvalue weighted by Crippen LogP contribution is 2.26. The molecule has 0 amide bonds. The Bertz CT molecular complexity index is 714. The molecule has 0 aliphatic carbocycles. The maximum atomic E-state index is 6.22. The van der Waals surface area contributed by atoms with Gasteiger partial charge in [0.25, 0.3) is 0 Å².